The number of benzene rings is 1. The fourth-order valence-electron chi connectivity index (χ4n) is 5.74. The van der Waals surface area contributed by atoms with Crippen molar-refractivity contribution >= 4 is 40.4 Å². The van der Waals surface area contributed by atoms with Gasteiger partial charge in [0.2, 0.25) is 29.5 Å². The fraction of sp³-hybridized carbons (Fsp3) is 0.400. The molecule has 0 saturated carbocycles. The molecule has 1 aliphatic rings. The van der Waals surface area contributed by atoms with Crippen molar-refractivity contribution in [3.05, 3.63) is 71.5 Å². The van der Waals surface area contributed by atoms with Crippen LogP contribution >= 0.6 is 0 Å². The highest BCUT2D eigenvalue weighted by molar-refractivity contribution is 6.10. The molecule has 3 N–H and O–H groups in total. The second-order valence-electron chi connectivity index (χ2n) is 12.9. The Morgan fingerprint density at radius 1 is 1.02 bits per heavy atom. The molecule has 4 aromatic rings. The van der Waals surface area contributed by atoms with Gasteiger partial charge in [-0.2, -0.15) is 18.2 Å². The molecular weight excluding hydrogens is 769 g/mol. The lowest BCUT2D eigenvalue weighted by molar-refractivity contribution is -0.162. The number of carbonyl (C=O) groups excluding carboxylic acids is 5. The average molecular weight is 806 g/mol. The number of likely N-dealkylation sites (N-methyl/N-ethyl adjacent to an activating group) is 2. The van der Waals surface area contributed by atoms with E-state index < -0.39 is 91.5 Å². The number of nitrogens with one attached hydrogen (secondary N) is 3. The maximum atomic E-state index is 14.6. The highest BCUT2D eigenvalue weighted by atomic mass is 19.4. The van der Waals surface area contributed by atoms with E-state index in [1.54, 1.807) is 0 Å². The zero-order valence-electron chi connectivity index (χ0n) is 30.6. The van der Waals surface area contributed by atoms with Gasteiger partial charge in [-0.15, -0.1) is 0 Å². The minimum Gasteiger partial charge on any atom is -0.491 e. The van der Waals surface area contributed by atoms with Crippen molar-refractivity contribution in [3.63, 3.8) is 0 Å². The largest absolute Gasteiger partial charge is 0.491 e. The van der Waals surface area contributed by atoms with Gasteiger partial charge < -0.3 is 39.7 Å². The van der Waals surface area contributed by atoms with E-state index in [0.717, 1.165) is 43.5 Å². The Balaban J connectivity index is 1.55. The first-order chi connectivity index (χ1) is 27.0. The molecule has 0 aliphatic carbocycles. The molecular formula is C35H36F5N9O8. The van der Waals surface area contributed by atoms with Gasteiger partial charge in [-0.3, -0.25) is 33.9 Å². The van der Waals surface area contributed by atoms with Crippen LogP contribution in [0.4, 0.5) is 22.0 Å². The lowest BCUT2D eigenvalue weighted by Crippen LogP contribution is -2.55. The number of fused-ring (bicyclic) bond motifs is 3. The van der Waals surface area contributed by atoms with Crippen LogP contribution in [-0.2, 0) is 32.0 Å². The van der Waals surface area contributed by atoms with E-state index in [2.05, 4.69) is 36.1 Å². The smallest absolute Gasteiger partial charge is 0.391 e. The van der Waals surface area contributed by atoms with Crippen LogP contribution in [0.5, 0.6) is 11.8 Å². The van der Waals surface area contributed by atoms with Gasteiger partial charge in [0.1, 0.15) is 36.1 Å². The van der Waals surface area contributed by atoms with Crippen LogP contribution in [0.2, 0.25) is 0 Å². The summed E-state index contributed by atoms with van der Waals surface area (Å²) in [6, 6.07) is 0.921. The first-order valence-corrected chi connectivity index (χ1v) is 17.1. The van der Waals surface area contributed by atoms with Gasteiger partial charge in [0.05, 0.1) is 56.0 Å². The molecule has 1 aromatic carbocycles. The van der Waals surface area contributed by atoms with E-state index in [4.69, 9.17) is 14.0 Å². The minimum absolute atomic E-state index is 0.00413. The Morgan fingerprint density at radius 2 is 1.77 bits per heavy atom. The van der Waals surface area contributed by atoms with Crippen molar-refractivity contribution in [2.45, 2.75) is 50.0 Å². The summed E-state index contributed by atoms with van der Waals surface area (Å²) in [4.78, 5) is 81.4. The Morgan fingerprint density at radius 3 is 2.46 bits per heavy atom. The van der Waals surface area contributed by atoms with Crippen LogP contribution in [0, 0.1) is 11.6 Å². The highest BCUT2D eigenvalue weighted by Crippen LogP contribution is 2.29. The van der Waals surface area contributed by atoms with Gasteiger partial charge >= 0.3 is 12.2 Å². The SMILES string of the molecule is COc1noc(CCNC(=O)[C@@H]2CC(=O)N(C)CC(=O)N(C)C(CC(F)(F)F)C(=O)N[C@H](Cc3ccc(F)cn3)COc3ccc4ncc(F)cc4c3C(=O)N2)n1. The number of hydrogen-bond acceptors (Lipinski definition) is 12. The number of halogens is 5. The normalized spacial score (nSPS) is 19.0. The number of carbonyl (C=O) groups is 5. The molecule has 17 nitrogen and oxygen atoms in total. The second-order valence-corrected chi connectivity index (χ2v) is 12.9. The molecule has 0 saturated heterocycles. The first kappa shape index (κ1) is 41.7. The van der Waals surface area contributed by atoms with Gasteiger partial charge in [0, 0.05) is 44.6 Å². The molecule has 1 aliphatic heterocycles. The van der Waals surface area contributed by atoms with Crippen LogP contribution in [0.15, 0.2) is 47.2 Å². The molecule has 4 heterocycles. The quantitative estimate of drug-likeness (QED) is 0.217. The van der Waals surface area contributed by atoms with Crippen molar-refractivity contribution in [1.29, 1.82) is 0 Å². The van der Waals surface area contributed by atoms with E-state index >= 15 is 0 Å². The molecule has 22 heteroatoms. The van der Waals surface area contributed by atoms with E-state index in [-0.39, 0.29) is 59.2 Å². The highest BCUT2D eigenvalue weighted by Gasteiger charge is 2.40. The van der Waals surface area contributed by atoms with Crippen molar-refractivity contribution in [2.75, 3.05) is 40.9 Å². The Hall–Kier alpha value is -6.48. The Bertz CT molecular complexity index is 2120. The molecule has 57 heavy (non-hydrogen) atoms. The van der Waals surface area contributed by atoms with Crippen molar-refractivity contribution in [3.8, 4) is 11.8 Å². The topological polar surface area (TPSA) is 211 Å². The molecule has 0 bridgehead atoms. The van der Waals surface area contributed by atoms with Gasteiger partial charge in [-0.05, 0) is 35.5 Å². The maximum Gasteiger partial charge on any atom is 0.391 e. The molecule has 3 atom stereocenters. The van der Waals surface area contributed by atoms with Crippen molar-refractivity contribution < 1.29 is 59.9 Å². The predicted octanol–water partition coefficient (Wildman–Crippen LogP) is 1.50. The summed E-state index contributed by atoms with van der Waals surface area (Å²) >= 11 is 0. The number of methoxy groups -OCH3 is 1. The summed E-state index contributed by atoms with van der Waals surface area (Å²) in [7, 11) is 3.41. The van der Waals surface area contributed by atoms with Crippen molar-refractivity contribution in [1.82, 2.24) is 45.9 Å². The molecule has 5 amide bonds. The van der Waals surface area contributed by atoms with Crippen LogP contribution in [0.3, 0.4) is 0 Å². The maximum absolute atomic E-state index is 14.6. The van der Waals surface area contributed by atoms with E-state index in [1.165, 1.54) is 25.3 Å². The number of nitrogens with zero attached hydrogens (tertiary/aromatic N) is 6. The monoisotopic (exact) mass is 805 g/mol. The minimum atomic E-state index is -4.94. The number of ether oxygens (including phenoxy) is 2. The van der Waals surface area contributed by atoms with Gasteiger partial charge in [-0.1, -0.05) is 0 Å². The zero-order valence-corrected chi connectivity index (χ0v) is 30.6. The number of amides is 5. The second kappa shape index (κ2) is 18.0. The summed E-state index contributed by atoms with van der Waals surface area (Å²) in [5, 5.41) is 10.9. The van der Waals surface area contributed by atoms with Crippen LogP contribution in [0.1, 0.15) is 34.8 Å². The predicted molar refractivity (Wildman–Crippen MR) is 185 cm³/mol. The molecule has 1 unspecified atom stereocenters. The summed E-state index contributed by atoms with van der Waals surface area (Å²) < 4.78 is 85.7. The molecule has 0 fully saturated rings. The third kappa shape index (κ3) is 11.1. The number of pyridine rings is 2. The summed E-state index contributed by atoms with van der Waals surface area (Å²) in [6.45, 7) is -1.52. The lowest BCUT2D eigenvalue weighted by Gasteiger charge is -2.31. The van der Waals surface area contributed by atoms with Gasteiger partial charge in [-0.25, -0.2) is 8.78 Å². The summed E-state index contributed by atoms with van der Waals surface area (Å²) in [6.07, 6.45) is -5.93. The number of alkyl halides is 3. The van der Waals surface area contributed by atoms with Crippen molar-refractivity contribution in [2.24, 2.45) is 0 Å². The summed E-state index contributed by atoms with van der Waals surface area (Å²) in [5.41, 5.74) is -0.0540. The standard InChI is InChI=1S/C35H36F5N9O8/c1-48-16-29(51)49(2)25(13-35(38,39)40)32(53)44-21(11-20-5-4-18(36)14-42-20)17-56-26-7-6-23-22(10-19(37)15-43-23)30(26)33(54)45-24(12-28(48)50)31(52)41-9-8-27-46-34(55-3)47-57-27/h4-7,10,14-15,21,24-25H,8-9,11-13,16-17H2,1-3H3,(H,41,52)(H,44,53)(H,45,54)/t21-,24+,25?/m1/s1. The molecule has 0 spiro atoms. The van der Waals surface area contributed by atoms with Crippen LogP contribution in [0.25, 0.3) is 10.9 Å². The third-order valence-electron chi connectivity index (χ3n) is 8.71. The zero-order chi connectivity index (χ0) is 41.4. The Kier molecular flexibility index (Phi) is 13.1. The van der Waals surface area contributed by atoms with Crippen LogP contribution < -0.4 is 25.4 Å². The van der Waals surface area contributed by atoms with E-state index in [9.17, 15) is 45.9 Å². The van der Waals surface area contributed by atoms with Gasteiger partial charge in [0.15, 0.2) is 0 Å². The first-order valence-electron chi connectivity index (χ1n) is 17.1. The lowest BCUT2D eigenvalue weighted by atomic mass is 10.0. The number of hydrogen-bond donors (Lipinski definition) is 3. The average Bonchev–Trinajstić information content (AvgIpc) is 3.63. The van der Waals surface area contributed by atoms with E-state index in [1.807, 2.05) is 0 Å². The fourth-order valence-corrected chi connectivity index (χ4v) is 5.74. The molecule has 3 aromatic heterocycles. The number of rotatable bonds is 8. The molecule has 5 rings (SSSR count). The molecule has 0 radical (unpaired) electrons. The van der Waals surface area contributed by atoms with E-state index in [0.29, 0.717) is 4.90 Å². The van der Waals surface area contributed by atoms with Gasteiger partial charge in [0.25, 0.3) is 5.91 Å². The summed E-state index contributed by atoms with van der Waals surface area (Å²) in [5.74, 6) is -6.85. The third-order valence-corrected chi connectivity index (χ3v) is 8.71. The molecule has 304 valence electrons. The number of aromatic nitrogens is 4. The van der Waals surface area contributed by atoms with Crippen LogP contribution in [-0.4, -0.2) is 125 Å². The Labute approximate surface area is 320 Å².